The van der Waals surface area contributed by atoms with E-state index in [9.17, 15) is 22.8 Å². The molecule has 4 rings (SSSR count). The molecule has 148 valence electrons. The summed E-state index contributed by atoms with van der Waals surface area (Å²) in [7, 11) is 0. The molecule has 0 unspecified atom stereocenters. The number of carbonyl (C=O) groups excluding carboxylic acids is 1. The Balaban J connectivity index is 1.70. The quantitative estimate of drug-likeness (QED) is 0.498. The fourth-order valence-corrected chi connectivity index (χ4v) is 4.07. The molecule has 1 aliphatic heterocycles. The van der Waals surface area contributed by atoms with Crippen LogP contribution in [0.3, 0.4) is 0 Å². The van der Waals surface area contributed by atoms with Gasteiger partial charge in [0, 0.05) is 18.1 Å². The van der Waals surface area contributed by atoms with E-state index in [0.29, 0.717) is 5.56 Å². The number of benzene rings is 2. The molecule has 29 heavy (non-hydrogen) atoms. The number of H-pyrrole nitrogens is 1. The molecule has 5 nitrogen and oxygen atoms in total. The summed E-state index contributed by atoms with van der Waals surface area (Å²) in [5.41, 5.74) is -0.161. The zero-order valence-electron chi connectivity index (χ0n) is 14.8. The van der Waals surface area contributed by atoms with Crippen molar-refractivity contribution in [1.82, 2.24) is 9.97 Å². The number of rotatable bonds is 4. The Morgan fingerprint density at radius 3 is 2.66 bits per heavy atom. The van der Waals surface area contributed by atoms with Gasteiger partial charge in [-0.3, -0.25) is 9.59 Å². The molecule has 0 saturated heterocycles. The highest BCUT2D eigenvalue weighted by atomic mass is 32.2. The summed E-state index contributed by atoms with van der Waals surface area (Å²) >= 11 is 1.09. The van der Waals surface area contributed by atoms with Crippen molar-refractivity contribution in [2.75, 3.05) is 5.32 Å². The Morgan fingerprint density at radius 1 is 1.07 bits per heavy atom. The SMILES string of the molecule is O=C1C[C@H](c2cc(F)ccc2F)c2c(nc(SCc3ccccc3F)[nH]c2=O)N1. The highest BCUT2D eigenvalue weighted by Gasteiger charge is 2.32. The molecule has 2 aromatic carbocycles. The van der Waals surface area contributed by atoms with Crippen molar-refractivity contribution >= 4 is 23.5 Å². The summed E-state index contributed by atoms with van der Waals surface area (Å²) in [6.45, 7) is 0. The lowest BCUT2D eigenvalue weighted by molar-refractivity contribution is -0.116. The van der Waals surface area contributed by atoms with Crippen LogP contribution in [0.4, 0.5) is 19.0 Å². The molecular weight excluding hydrogens is 403 g/mol. The molecule has 9 heteroatoms. The molecule has 1 atom stereocenters. The van der Waals surface area contributed by atoms with Crippen LogP contribution in [0.15, 0.2) is 52.4 Å². The number of hydrogen-bond acceptors (Lipinski definition) is 4. The topological polar surface area (TPSA) is 74.8 Å². The molecule has 1 aromatic heterocycles. The summed E-state index contributed by atoms with van der Waals surface area (Å²) in [6, 6.07) is 9.11. The largest absolute Gasteiger partial charge is 0.310 e. The molecule has 0 saturated carbocycles. The summed E-state index contributed by atoms with van der Waals surface area (Å²) in [6.07, 6.45) is -0.208. The van der Waals surface area contributed by atoms with Gasteiger partial charge < -0.3 is 10.3 Å². The van der Waals surface area contributed by atoms with Crippen LogP contribution in [0.2, 0.25) is 0 Å². The second kappa shape index (κ2) is 7.75. The third-order valence-electron chi connectivity index (χ3n) is 4.59. The third kappa shape index (κ3) is 3.91. The molecule has 0 aliphatic carbocycles. The number of nitrogens with zero attached hydrogens (tertiary/aromatic N) is 1. The Morgan fingerprint density at radius 2 is 1.86 bits per heavy atom. The predicted molar refractivity (Wildman–Crippen MR) is 102 cm³/mol. The summed E-state index contributed by atoms with van der Waals surface area (Å²) < 4.78 is 41.7. The normalized spacial score (nSPS) is 15.7. The molecule has 0 bridgehead atoms. The van der Waals surface area contributed by atoms with Crippen molar-refractivity contribution in [3.8, 4) is 0 Å². The maximum atomic E-state index is 14.3. The lowest BCUT2D eigenvalue weighted by Gasteiger charge is -2.24. The Hall–Kier alpha value is -3.07. The first-order valence-corrected chi connectivity index (χ1v) is 9.66. The number of anilines is 1. The molecule has 0 spiro atoms. The third-order valence-corrected chi connectivity index (χ3v) is 5.51. The number of hydrogen-bond donors (Lipinski definition) is 2. The minimum absolute atomic E-state index is 0.00491. The van der Waals surface area contributed by atoms with Gasteiger partial charge in [0.2, 0.25) is 5.91 Å². The molecule has 2 N–H and O–H groups in total. The van der Waals surface area contributed by atoms with Gasteiger partial charge in [-0.1, -0.05) is 30.0 Å². The van der Waals surface area contributed by atoms with Gasteiger partial charge in [0.05, 0.1) is 5.56 Å². The maximum Gasteiger partial charge on any atom is 0.257 e. The number of fused-ring (bicyclic) bond motifs is 1. The van der Waals surface area contributed by atoms with E-state index < -0.39 is 29.0 Å². The van der Waals surface area contributed by atoms with E-state index in [2.05, 4.69) is 15.3 Å². The van der Waals surface area contributed by atoms with E-state index in [1.54, 1.807) is 18.2 Å². The van der Waals surface area contributed by atoms with E-state index >= 15 is 0 Å². The van der Waals surface area contributed by atoms with E-state index in [-0.39, 0.29) is 40.1 Å². The van der Waals surface area contributed by atoms with Crippen LogP contribution in [0.5, 0.6) is 0 Å². The molecular formula is C20H14F3N3O2S. The number of aromatic nitrogens is 2. The van der Waals surface area contributed by atoms with E-state index in [1.165, 1.54) is 6.07 Å². The van der Waals surface area contributed by atoms with Crippen molar-refractivity contribution in [2.45, 2.75) is 23.2 Å². The number of nitrogens with one attached hydrogen (secondary N) is 2. The van der Waals surface area contributed by atoms with E-state index in [1.807, 2.05) is 0 Å². The fraction of sp³-hybridized carbons (Fsp3) is 0.150. The van der Waals surface area contributed by atoms with Crippen molar-refractivity contribution in [3.63, 3.8) is 0 Å². The number of carbonyl (C=O) groups is 1. The second-order valence-corrected chi connectivity index (χ2v) is 7.45. The Bertz CT molecular complexity index is 1170. The van der Waals surface area contributed by atoms with Crippen molar-refractivity contribution in [1.29, 1.82) is 0 Å². The average Bonchev–Trinajstić information content (AvgIpc) is 2.68. The van der Waals surface area contributed by atoms with Gasteiger partial charge in [-0.05, 0) is 35.4 Å². The molecule has 2 heterocycles. The minimum Gasteiger partial charge on any atom is -0.310 e. The van der Waals surface area contributed by atoms with Gasteiger partial charge in [0.25, 0.3) is 5.56 Å². The zero-order valence-corrected chi connectivity index (χ0v) is 15.7. The summed E-state index contributed by atoms with van der Waals surface area (Å²) in [5, 5.41) is 2.69. The van der Waals surface area contributed by atoms with Crippen LogP contribution in [0, 0.1) is 17.5 Å². The number of amides is 1. The van der Waals surface area contributed by atoms with Gasteiger partial charge in [-0.25, -0.2) is 18.2 Å². The summed E-state index contributed by atoms with van der Waals surface area (Å²) in [4.78, 5) is 31.6. The first-order chi connectivity index (χ1) is 13.9. The lowest BCUT2D eigenvalue weighted by Crippen LogP contribution is -2.31. The fourth-order valence-electron chi connectivity index (χ4n) is 3.23. The number of halogens is 3. The van der Waals surface area contributed by atoms with Crippen molar-refractivity contribution in [2.24, 2.45) is 0 Å². The molecule has 0 fully saturated rings. The van der Waals surface area contributed by atoms with Gasteiger partial charge in [0.15, 0.2) is 5.16 Å². The average molecular weight is 417 g/mol. The first-order valence-electron chi connectivity index (χ1n) is 8.67. The standard InChI is InChI=1S/C20H14F3N3O2S/c21-11-5-6-15(23)12(7-11)13-8-16(27)24-18-17(13)19(28)26-20(25-18)29-9-10-3-1-2-4-14(10)22/h1-7,13H,8-9H2,(H2,24,25,26,27,28)/t13-/m1/s1. The molecule has 0 radical (unpaired) electrons. The van der Waals surface area contributed by atoms with Crippen LogP contribution in [-0.2, 0) is 10.5 Å². The smallest absolute Gasteiger partial charge is 0.257 e. The molecule has 1 aliphatic rings. The highest BCUT2D eigenvalue weighted by Crippen LogP contribution is 2.36. The maximum absolute atomic E-state index is 14.3. The Labute approximate surface area is 167 Å². The van der Waals surface area contributed by atoms with Gasteiger partial charge in [-0.15, -0.1) is 0 Å². The van der Waals surface area contributed by atoms with Crippen LogP contribution < -0.4 is 10.9 Å². The zero-order chi connectivity index (χ0) is 20.5. The monoisotopic (exact) mass is 417 g/mol. The van der Waals surface area contributed by atoms with E-state index in [4.69, 9.17) is 0 Å². The van der Waals surface area contributed by atoms with Crippen molar-refractivity contribution < 1.29 is 18.0 Å². The Kier molecular flexibility index (Phi) is 5.14. The van der Waals surface area contributed by atoms with Gasteiger partial charge in [0.1, 0.15) is 23.3 Å². The van der Waals surface area contributed by atoms with Crippen LogP contribution in [0.25, 0.3) is 0 Å². The van der Waals surface area contributed by atoms with Crippen LogP contribution >= 0.6 is 11.8 Å². The second-order valence-electron chi connectivity index (χ2n) is 6.48. The number of thioether (sulfide) groups is 1. The van der Waals surface area contributed by atoms with Crippen molar-refractivity contribution in [3.05, 3.63) is 87.0 Å². The van der Waals surface area contributed by atoms with Crippen LogP contribution in [0.1, 0.15) is 29.0 Å². The van der Waals surface area contributed by atoms with Crippen LogP contribution in [-0.4, -0.2) is 15.9 Å². The number of aromatic amines is 1. The highest BCUT2D eigenvalue weighted by molar-refractivity contribution is 7.98. The lowest BCUT2D eigenvalue weighted by atomic mass is 9.86. The molecule has 1 amide bonds. The molecule has 3 aromatic rings. The minimum atomic E-state index is -0.962. The van der Waals surface area contributed by atoms with Gasteiger partial charge in [-0.2, -0.15) is 0 Å². The predicted octanol–water partition coefficient (Wildman–Crippen LogP) is 3.95. The summed E-state index contributed by atoms with van der Waals surface area (Å²) in [5.74, 6) is -2.98. The van der Waals surface area contributed by atoms with E-state index in [0.717, 1.165) is 30.0 Å². The van der Waals surface area contributed by atoms with Gasteiger partial charge >= 0.3 is 0 Å². The first kappa shape index (κ1) is 19.3.